The van der Waals surface area contributed by atoms with Crippen molar-refractivity contribution in [1.82, 2.24) is 5.32 Å². The number of halogens is 1. The number of alkyl halides is 1. The first-order valence-corrected chi connectivity index (χ1v) is 4.56. The molecule has 4 nitrogen and oxygen atoms in total. The summed E-state index contributed by atoms with van der Waals surface area (Å²) in [6.07, 6.45) is 0. The monoisotopic (exact) mass is 236 g/mol. The fraction of sp³-hybridized carbons (Fsp3) is 0.714. The standard InChI is InChI=1S/C7H13BrN2O2/c1-4(2)6(8)7(12)10-3-5(9)11/h4,6H,3H2,1-2H3,(H2,9,11)(H,10,12). The molecule has 0 spiro atoms. The van der Waals surface area contributed by atoms with Gasteiger partial charge in [0.2, 0.25) is 11.8 Å². The SMILES string of the molecule is CC(C)C(Br)C(=O)NCC(N)=O. The van der Waals surface area contributed by atoms with Crippen LogP contribution in [0.2, 0.25) is 0 Å². The van der Waals surface area contributed by atoms with E-state index in [1.54, 1.807) is 0 Å². The van der Waals surface area contributed by atoms with Gasteiger partial charge >= 0.3 is 0 Å². The first-order valence-electron chi connectivity index (χ1n) is 3.65. The lowest BCUT2D eigenvalue weighted by Crippen LogP contribution is -2.39. The van der Waals surface area contributed by atoms with Gasteiger partial charge in [0.25, 0.3) is 0 Å². The third-order valence-electron chi connectivity index (χ3n) is 1.27. The molecule has 0 bridgehead atoms. The van der Waals surface area contributed by atoms with Crippen molar-refractivity contribution in [3.8, 4) is 0 Å². The molecule has 5 heteroatoms. The van der Waals surface area contributed by atoms with Gasteiger partial charge in [0.05, 0.1) is 11.4 Å². The molecule has 0 fully saturated rings. The van der Waals surface area contributed by atoms with Crippen molar-refractivity contribution < 1.29 is 9.59 Å². The molecule has 12 heavy (non-hydrogen) atoms. The Morgan fingerprint density at radius 3 is 2.33 bits per heavy atom. The number of rotatable bonds is 4. The minimum Gasteiger partial charge on any atom is -0.368 e. The molecule has 0 aliphatic rings. The quantitative estimate of drug-likeness (QED) is 0.676. The van der Waals surface area contributed by atoms with Crippen molar-refractivity contribution in [2.24, 2.45) is 11.7 Å². The number of primary amides is 1. The molecule has 1 atom stereocenters. The molecular formula is C7H13BrN2O2. The van der Waals surface area contributed by atoms with E-state index in [4.69, 9.17) is 5.73 Å². The molecule has 0 aromatic heterocycles. The molecule has 0 aliphatic heterocycles. The van der Waals surface area contributed by atoms with E-state index in [0.29, 0.717) is 0 Å². The molecule has 0 saturated carbocycles. The molecule has 0 radical (unpaired) electrons. The highest BCUT2D eigenvalue weighted by Gasteiger charge is 2.18. The van der Waals surface area contributed by atoms with Gasteiger partial charge < -0.3 is 11.1 Å². The summed E-state index contributed by atoms with van der Waals surface area (Å²) >= 11 is 3.19. The molecule has 0 saturated heterocycles. The maximum atomic E-state index is 11.1. The summed E-state index contributed by atoms with van der Waals surface area (Å²) in [6, 6.07) is 0. The van der Waals surface area contributed by atoms with Crippen LogP contribution >= 0.6 is 15.9 Å². The highest BCUT2D eigenvalue weighted by molar-refractivity contribution is 9.10. The molecule has 0 aromatic rings. The molecule has 0 aliphatic carbocycles. The number of carbonyl (C=O) groups excluding carboxylic acids is 2. The summed E-state index contributed by atoms with van der Waals surface area (Å²) in [5.41, 5.74) is 4.85. The van der Waals surface area contributed by atoms with Gasteiger partial charge in [-0.15, -0.1) is 0 Å². The van der Waals surface area contributed by atoms with Gasteiger partial charge in [0.1, 0.15) is 0 Å². The van der Waals surface area contributed by atoms with E-state index in [1.165, 1.54) is 0 Å². The number of nitrogens with one attached hydrogen (secondary N) is 1. The predicted octanol–water partition coefficient (Wildman–Crippen LogP) is 0.00740. The van der Waals surface area contributed by atoms with Crippen LogP contribution in [0.1, 0.15) is 13.8 Å². The average Bonchev–Trinajstić information content (AvgIpc) is 1.98. The lowest BCUT2D eigenvalue weighted by atomic mass is 10.1. The topological polar surface area (TPSA) is 72.2 Å². The van der Waals surface area contributed by atoms with Crippen LogP contribution in [0.4, 0.5) is 0 Å². The maximum Gasteiger partial charge on any atom is 0.236 e. The molecular weight excluding hydrogens is 224 g/mol. The molecule has 0 rings (SSSR count). The summed E-state index contributed by atoms with van der Waals surface area (Å²) in [4.78, 5) is 21.1. The Hall–Kier alpha value is -0.580. The van der Waals surface area contributed by atoms with Crippen molar-refractivity contribution in [3.63, 3.8) is 0 Å². The first-order chi connectivity index (χ1) is 5.45. The largest absolute Gasteiger partial charge is 0.368 e. The third-order valence-corrected chi connectivity index (χ3v) is 2.75. The number of amides is 2. The molecule has 0 aromatic carbocycles. The molecule has 2 amide bonds. The van der Waals surface area contributed by atoms with E-state index in [2.05, 4.69) is 21.2 Å². The fourth-order valence-corrected chi connectivity index (χ4v) is 0.736. The van der Waals surface area contributed by atoms with Crippen molar-refractivity contribution >= 4 is 27.7 Å². The van der Waals surface area contributed by atoms with E-state index in [-0.39, 0.29) is 23.2 Å². The van der Waals surface area contributed by atoms with Crippen LogP contribution in [-0.4, -0.2) is 23.2 Å². The van der Waals surface area contributed by atoms with Crippen LogP contribution in [-0.2, 0) is 9.59 Å². The number of hydrogen-bond acceptors (Lipinski definition) is 2. The minimum atomic E-state index is -0.535. The van der Waals surface area contributed by atoms with Crippen LogP contribution in [0.15, 0.2) is 0 Å². The van der Waals surface area contributed by atoms with Gasteiger partial charge in [-0.2, -0.15) is 0 Å². The summed E-state index contributed by atoms with van der Waals surface area (Å²) in [6.45, 7) is 3.71. The van der Waals surface area contributed by atoms with Crippen LogP contribution in [0.5, 0.6) is 0 Å². The van der Waals surface area contributed by atoms with Gasteiger partial charge in [-0.25, -0.2) is 0 Å². The molecule has 1 unspecified atom stereocenters. The van der Waals surface area contributed by atoms with Crippen LogP contribution in [0.25, 0.3) is 0 Å². The summed E-state index contributed by atoms with van der Waals surface area (Å²) in [5.74, 6) is -0.548. The smallest absolute Gasteiger partial charge is 0.236 e. The van der Waals surface area contributed by atoms with Gasteiger partial charge in [-0.3, -0.25) is 9.59 Å². The predicted molar refractivity (Wildman–Crippen MR) is 49.8 cm³/mol. The minimum absolute atomic E-state index is 0.104. The zero-order chi connectivity index (χ0) is 9.72. The number of nitrogens with two attached hydrogens (primary N) is 1. The molecule has 3 N–H and O–H groups in total. The summed E-state index contributed by atoms with van der Waals surface area (Å²) in [7, 11) is 0. The Morgan fingerprint density at radius 2 is 2.00 bits per heavy atom. The van der Waals surface area contributed by atoms with Gasteiger partial charge in [-0.05, 0) is 5.92 Å². The normalized spacial score (nSPS) is 12.7. The zero-order valence-corrected chi connectivity index (χ0v) is 8.72. The second-order valence-electron chi connectivity index (χ2n) is 2.83. The highest BCUT2D eigenvalue weighted by Crippen LogP contribution is 2.11. The van der Waals surface area contributed by atoms with Crippen LogP contribution in [0, 0.1) is 5.92 Å². The van der Waals surface area contributed by atoms with Crippen LogP contribution in [0.3, 0.4) is 0 Å². The Kier molecular flexibility index (Phi) is 4.89. The maximum absolute atomic E-state index is 11.1. The Labute approximate surface area is 80.0 Å². The molecule has 70 valence electrons. The van der Waals surface area contributed by atoms with Gasteiger partial charge in [0, 0.05) is 0 Å². The second kappa shape index (κ2) is 5.13. The van der Waals surface area contributed by atoms with Crippen molar-refractivity contribution in [1.29, 1.82) is 0 Å². The van der Waals surface area contributed by atoms with Gasteiger partial charge in [-0.1, -0.05) is 29.8 Å². The lowest BCUT2D eigenvalue weighted by molar-refractivity contribution is -0.124. The average molecular weight is 237 g/mol. The summed E-state index contributed by atoms with van der Waals surface area (Å²) in [5, 5.41) is 2.40. The van der Waals surface area contributed by atoms with Crippen molar-refractivity contribution in [2.75, 3.05) is 6.54 Å². The third kappa shape index (κ3) is 4.33. The summed E-state index contributed by atoms with van der Waals surface area (Å²) < 4.78 is 0. The Balaban J connectivity index is 3.80. The van der Waals surface area contributed by atoms with E-state index < -0.39 is 5.91 Å². The van der Waals surface area contributed by atoms with Crippen molar-refractivity contribution in [3.05, 3.63) is 0 Å². The second-order valence-corrected chi connectivity index (χ2v) is 3.82. The molecule has 0 heterocycles. The van der Waals surface area contributed by atoms with E-state index >= 15 is 0 Å². The number of carbonyl (C=O) groups is 2. The van der Waals surface area contributed by atoms with E-state index in [9.17, 15) is 9.59 Å². The highest BCUT2D eigenvalue weighted by atomic mass is 79.9. The Bertz CT molecular complexity index is 182. The first kappa shape index (κ1) is 11.4. The van der Waals surface area contributed by atoms with E-state index in [0.717, 1.165) is 0 Å². The lowest BCUT2D eigenvalue weighted by Gasteiger charge is -2.12. The fourth-order valence-electron chi connectivity index (χ4n) is 0.574. The zero-order valence-electron chi connectivity index (χ0n) is 7.13. The Morgan fingerprint density at radius 1 is 1.50 bits per heavy atom. The van der Waals surface area contributed by atoms with Crippen molar-refractivity contribution in [2.45, 2.75) is 18.7 Å². The van der Waals surface area contributed by atoms with Crippen LogP contribution < -0.4 is 11.1 Å². The van der Waals surface area contributed by atoms with Gasteiger partial charge in [0.15, 0.2) is 0 Å². The number of hydrogen-bond donors (Lipinski definition) is 2. The van der Waals surface area contributed by atoms with E-state index in [1.807, 2.05) is 13.8 Å².